The average molecular weight is 368 g/mol. The van der Waals surface area contributed by atoms with Crippen LogP contribution in [0.25, 0.3) is 11.0 Å². The van der Waals surface area contributed by atoms with Crippen molar-refractivity contribution in [2.24, 2.45) is 5.92 Å². The van der Waals surface area contributed by atoms with Gasteiger partial charge in [0, 0.05) is 44.9 Å². The molecule has 1 saturated carbocycles. The first-order valence-electron chi connectivity index (χ1n) is 9.66. The van der Waals surface area contributed by atoms with Crippen molar-refractivity contribution < 1.29 is 9.59 Å². The summed E-state index contributed by atoms with van der Waals surface area (Å²) < 4.78 is 0. The Morgan fingerprint density at radius 2 is 1.81 bits per heavy atom. The standard InChI is InChI=1S/C20H24N4O3/c25-18(23-10-3-11-24(13-12-23)20(27)14-6-7-14)9-8-17-19(26)22-16-5-2-1-4-15(16)21-17/h1-2,4-5,14H,3,6-13H2,(H,22,26). The molecule has 1 aliphatic heterocycles. The molecule has 1 aromatic carbocycles. The fraction of sp³-hybridized carbons (Fsp3) is 0.500. The molecule has 0 atom stereocenters. The van der Waals surface area contributed by atoms with Crippen molar-refractivity contribution in [1.29, 1.82) is 0 Å². The Hall–Kier alpha value is -2.70. The van der Waals surface area contributed by atoms with Crippen molar-refractivity contribution in [3.05, 3.63) is 40.3 Å². The van der Waals surface area contributed by atoms with Gasteiger partial charge in [0.05, 0.1) is 11.0 Å². The fourth-order valence-electron chi connectivity index (χ4n) is 3.60. The number of para-hydroxylation sites is 2. The van der Waals surface area contributed by atoms with E-state index < -0.39 is 0 Å². The highest BCUT2D eigenvalue weighted by molar-refractivity contribution is 5.81. The number of H-pyrrole nitrogens is 1. The second-order valence-corrected chi connectivity index (χ2v) is 7.36. The Kier molecular flexibility index (Phi) is 4.92. The van der Waals surface area contributed by atoms with Gasteiger partial charge in [0.25, 0.3) is 5.56 Å². The third kappa shape index (κ3) is 4.02. The highest BCUT2D eigenvalue weighted by atomic mass is 16.2. The average Bonchev–Trinajstić information content (AvgIpc) is 3.52. The molecular weight excluding hydrogens is 344 g/mol. The van der Waals surface area contributed by atoms with E-state index in [2.05, 4.69) is 9.97 Å². The highest BCUT2D eigenvalue weighted by Gasteiger charge is 2.34. The van der Waals surface area contributed by atoms with Gasteiger partial charge in [-0.05, 0) is 31.4 Å². The maximum absolute atomic E-state index is 12.6. The lowest BCUT2D eigenvalue weighted by Gasteiger charge is -2.22. The first-order chi connectivity index (χ1) is 13.1. The van der Waals surface area contributed by atoms with Crippen LogP contribution in [0.5, 0.6) is 0 Å². The van der Waals surface area contributed by atoms with Crippen molar-refractivity contribution in [1.82, 2.24) is 19.8 Å². The lowest BCUT2D eigenvalue weighted by Crippen LogP contribution is -2.38. The molecule has 0 radical (unpaired) electrons. The summed E-state index contributed by atoms with van der Waals surface area (Å²) in [4.78, 5) is 47.9. The number of hydrogen-bond acceptors (Lipinski definition) is 4. The van der Waals surface area contributed by atoms with Crippen molar-refractivity contribution in [2.45, 2.75) is 32.1 Å². The molecule has 2 aromatic rings. The molecule has 2 aliphatic rings. The Morgan fingerprint density at radius 3 is 2.63 bits per heavy atom. The van der Waals surface area contributed by atoms with Crippen LogP contribution in [0.15, 0.2) is 29.1 Å². The molecule has 1 N–H and O–H groups in total. The predicted octanol–water partition coefficient (Wildman–Crippen LogP) is 1.33. The number of aromatic amines is 1. The number of benzene rings is 1. The summed E-state index contributed by atoms with van der Waals surface area (Å²) in [6.45, 7) is 2.56. The highest BCUT2D eigenvalue weighted by Crippen LogP contribution is 2.31. The molecule has 2 heterocycles. The first-order valence-corrected chi connectivity index (χ1v) is 9.66. The Balaban J connectivity index is 1.36. The van der Waals surface area contributed by atoms with Crippen LogP contribution in [0, 0.1) is 5.92 Å². The van der Waals surface area contributed by atoms with Crippen LogP contribution in [0.4, 0.5) is 0 Å². The molecule has 2 fully saturated rings. The smallest absolute Gasteiger partial charge is 0.270 e. The summed E-state index contributed by atoms with van der Waals surface area (Å²) >= 11 is 0. The van der Waals surface area contributed by atoms with Gasteiger partial charge in [-0.3, -0.25) is 14.4 Å². The molecule has 0 unspecified atom stereocenters. The summed E-state index contributed by atoms with van der Waals surface area (Å²) in [5.41, 5.74) is 1.58. The lowest BCUT2D eigenvalue weighted by atomic mass is 10.2. The quantitative estimate of drug-likeness (QED) is 0.882. The van der Waals surface area contributed by atoms with Crippen LogP contribution in [0.1, 0.15) is 31.4 Å². The predicted molar refractivity (Wildman–Crippen MR) is 101 cm³/mol. The van der Waals surface area contributed by atoms with Gasteiger partial charge in [-0.1, -0.05) is 12.1 Å². The van der Waals surface area contributed by atoms with Crippen LogP contribution in [0.2, 0.25) is 0 Å². The Morgan fingerprint density at radius 1 is 1.07 bits per heavy atom. The number of nitrogens with zero attached hydrogens (tertiary/aromatic N) is 3. The van der Waals surface area contributed by atoms with E-state index in [1.807, 2.05) is 34.1 Å². The number of rotatable bonds is 4. The van der Waals surface area contributed by atoms with Crippen molar-refractivity contribution in [3.8, 4) is 0 Å². The van der Waals surface area contributed by atoms with Crippen LogP contribution in [-0.4, -0.2) is 57.8 Å². The van der Waals surface area contributed by atoms with Crippen LogP contribution in [-0.2, 0) is 16.0 Å². The summed E-state index contributed by atoms with van der Waals surface area (Å²) in [6, 6.07) is 7.37. The number of fused-ring (bicyclic) bond motifs is 1. The largest absolute Gasteiger partial charge is 0.341 e. The molecule has 0 bridgehead atoms. The molecule has 1 aromatic heterocycles. The molecule has 1 saturated heterocycles. The van der Waals surface area contributed by atoms with E-state index in [0.29, 0.717) is 37.3 Å². The fourth-order valence-corrected chi connectivity index (χ4v) is 3.60. The number of aryl methyl sites for hydroxylation is 1. The lowest BCUT2D eigenvalue weighted by molar-refractivity contribution is -0.134. The van der Waals surface area contributed by atoms with Gasteiger partial charge in [0.15, 0.2) is 0 Å². The molecule has 2 amide bonds. The van der Waals surface area contributed by atoms with Crippen molar-refractivity contribution >= 4 is 22.8 Å². The zero-order chi connectivity index (χ0) is 18.8. The zero-order valence-electron chi connectivity index (χ0n) is 15.3. The molecule has 142 valence electrons. The maximum Gasteiger partial charge on any atom is 0.270 e. The normalized spacial score (nSPS) is 17.8. The zero-order valence-corrected chi connectivity index (χ0v) is 15.3. The minimum Gasteiger partial charge on any atom is -0.341 e. The van der Waals surface area contributed by atoms with Crippen molar-refractivity contribution in [3.63, 3.8) is 0 Å². The summed E-state index contributed by atoms with van der Waals surface area (Å²) in [6.07, 6.45) is 3.39. The van der Waals surface area contributed by atoms with Gasteiger partial charge >= 0.3 is 0 Å². The van der Waals surface area contributed by atoms with E-state index in [1.165, 1.54) is 0 Å². The Labute approximate surface area is 157 Å². The van der Waals surface area contributed by atoms with E-state index in [-0.39, 0.29) is 29.7 Å². The SMILES string of the molecule is O=C(CCc1nc2ccccc2[nH]c1=O)N1CCCN(C(=O)C2CC2)CC1. The molecule has 7 nitrogen and oxygen atoms in total. The maximum atomic E-state index is 12.6. The van der Waals surface area contributed by atoms with E-state index in [1.54, 1.807) is 0 Å². The molecule has 7 heteroatoms. The monoisotopic (exact) mass is 368 g/mol. The van der Waals surface area contributed by atoms with Gasteiger partial charge in [-0.2, -0.15) is 0 Å². The van der Waals surface area contributed by atoms with E-state index in [0.717, 1.165) is 31.3 Å². The third-order valence-corrected chi connectivity index (χ3v) is 5.33. The Bertz CT molecular complexity index is 919. The minimum absolute atomic E-state index is 0.0186. The van der Waals surface area contributed by atoms with Gasteiger partial charge < -0.3 is 14.8 Å². The first kappa shape index (κ1) is 17.7. The van der Waals surface area contributed by atoms with E-state index >= 15 is 0 Å². The second-order valence-electron chi connectivity index (χ2n) is 7.36. The van der Waals surface area contributed by atoms with E-state index in [4.69, 9.17) is 0 Å². The summed E-state index contributed by atoms with van der Waals surface area (Å²) in [5.74, 6) is 0.485. The van der Waals surface area contributed by atoms with Crippen LogP contribution < -0.4 is 5.56 Å². The number of hydrogen-bond donors (Lipinski definition) is 1. The number of aromatic nitrogens is 2. The van der Waals surface area contributed by atoms with Crippen LogP contribution in [0.3, 0.4) is 0 Å². The van der Waals surface area contributed by atoms with Crippen LogP contribution >= 0.6 is 0 Å². The topological polar surface area (TPSA) is 86.4 Å². The number of amides is 2. The molecule has 27 heavy (non-hydrogen) atoms. The number of carbonyl (C=O) groups excluding carboxylic acids is 2. The van der Waals surface area contributed by atoms with Gasteiger partial charge in [0.1, 0.15) is 5.69 Å². The van der Waals surface area contributed by atoms with Gasteiger partial charge in [-0.15, -0.1) is 0 Å². The molecule has 0 spiro atoms. The van der Waals surface area contributed by atoms with Crippen molar-refractivity contribution in [2.75, 3.05) is 26.2 Å². The number of nitrogens with one attached hydrogen (secondary N) is 1. The minimum atomic E-state index is -0.237. The molecular formula is C20H24N4O3. The van der Waals surface area contributed by atoms with E-state index in [9.17, 15) is 14.4 Å². The van der Waals surface area contributed by atoms with Gasteiger partial charge in [0.2, 0.25) is 11.8 Å². The third-order valence-electron chi connectivity index (χ3n) is 5.33. The second kappa shape index (κ2) is 7.50. The number of carbonyl (C=O) groups is 2. The van der Waals surface area contributed by atoms with Gasteiger partial charge in [-0.25, -0.2) is 4.98 Å². The molecule has 4 rings (SSSR count). The molecule has 1 aliphatic carbocycles. The summed E-state index contributed by atoms with van der Waals surface area (Å²) in [5, 5.41) is 0. The summed E-state index contributed by atoms with van der Waals surface area (Å²) in [7, 11) is 0.